The molecular formula is C14H14N6O5. The molecule has 25 heavy (non-hydrogen) atoms. The maximum Gasteiger partial charge on any atom is 0.269 e. The molecule has 0 atom stereocenters. The highest BCUT2D eigenvalue weighted by molar-refractivity contribution is 5.74. The highest BCUT2D eigenvalue weighted by Gasteiger charge is 2.23. The number of aliphatic hydroxyl groups excluding tert-OH is 1. The molecule has 11 heteroatoms. The molecule has 11 nitrogen and oxygen atoms in total. The van der Waals surface area contributed by atoms with Crippen LogP contribution in [0.3, 0.4) is 0 Å². The SMILES string of the molecule is Cn1nc(OCCO)c(-c2nc(-c3ccc([N+](=O)[O-])cc3)no2)c1N. The highest BCUT2D eigenvalue weighted by Crippen LogP contribution is 2.34. The van der Waals surface area contributed by atoms with Crippen molar-refractivity contribution in [3.8, 4) is 28.7 Å². The van der Waals surface area contributed by atoms with Crippen LogP contribution < -0.4 is 10.5 Å². The van der Waals surface area contributed by atoms with E-state index >= 15 is 0 Å². The van der Waals surface area contributed by atoms with Crippen molar-refractivity contribution in [1.29, 1.82) is 0 Å². The van der Waals surface area contributed by atoms with Gasteiger partial charge in [0.2, 0.25) is 11.7 Å². The monoisotopic (exact) mass is 346 g/mol. The van der Waals surface area contributed by atoms with Crippen LogP contribution in [0.25, 0.3) is 22.8 Å². The van der Waals surface area contributed by atoms with E-state index in [1.54, 1.807) is 7.05 Å². The molecule has 0 saturated heterocycles. The summed E-state index contributed by atoms with van der Waals surface area (Å²) in [6, 6.07) is 5.73. The number of nitrogen functional groups attached to an aromatic ring is 1. The smallest absolute Gasteiger partial charge is 0.269 e. The van der Waals surface area contributed by atoms with Crippen LogP contribution in [0.2, 0.25) is 0 Å². The maximum absolute atomic E-state index is 10.7. The number of nitro groups is 1. The molecule has 0 saturated carbocycles. The molecule has 0 fully saturated rings. The first-order valence-electron chi connectivity index (χ1n) is 7.16. The second-order valence-electron chi connectivity index (χ2n) is 4.99. The molecule has 3 aromatic rings. The van der Waals surface area contributed by atoms with Gasteiger partial charge in [0.05, 0.1) is 11.5 Å². The summed E-state index contributed by atoms with van der Waals surface area (Å²) in [4.78, 5) is 14.5. The molecule has 3 N–H and O–H groups in total. The van der Waals surface area contributed by atoms with Gasteiger partial charge in [0.1, 0.15) is 18.0 Å². The highest BCUT2D eigenvalue weighted by atomic mass is 16.6. The van der Waals surface area contributed by atoms with Gasteiger partial charge in [-0.3, -0.25) is 10.1 Å². The van der Waals surface area contributed by atoms with Gasteiger partial charge in [-0.15, -0.1) is 5.10 Å². The predicted molar refractivity (Wildman–Crippen MR) is 85.6 cm³/mol. The van der Waals surface area contributed by atoms with Gasteiger partial charge in [0, 0.05) is 24.7 Å². The number of non-ortho nitro benzene ring substituents is 1. The molecule has 3 rings (SSSR count). The molecule has 0 bridgehead atoms. The lowest BCUT2D eigenvalue weighted by Crippen LogP contribution is -2.03. The number of ether oxygens (including phenoxy) is 1. The minimum absolute atomic E-state index is 0.0345. The maximum atomic E-state index is 10.7. The van der Waals surface area contributed by atoms with E-state index in [-0.39, 0.29) is 42.3 Å². The van der Waals surface area contributed by atoms with Crippen molar-refractivity contribution in [2.75, 3.05) is 18.9 Å². The molecule has 0 spiro atoms. The fourth-order valence-electron chi connectivity index (χ4n) is 2.13. The van der Waals surface area contributed by atoms with E-state index in [1.165, 1.54) is 28.9 Å². The zero-order valence-electron chi connectivity index (χ0n) is 13.1. The number of aliphatic hydroxyl groups is 1. The minimum Gasteiger partial charge on any atom is -0.474 e. The van der Waals surface area contributed by atoms with Gasteiger partial charge in [-0.1, -0.05) is 5.16 Å². The molecule has 0 aliphatic rings. The molecule has 0 aliphatic heterocycles. The van der Waals surface area contributed by atoms with E-state index in [0.29, 0.717) is 11.1 Å². The molecular weight excluding hydrogens is 332 g/mol. The first-order valence-corrected chi connectivity index (χ1v) is 7.16. The standard InChI is InChI=1S/C14H14N6O5/c1-19-11(15)10(14(17-19)24-7-6-21)13-16-12(18-25-13)8-2-4-9(5-3-8)20(22)23/h2-5,21H,6-7,15H2,1H3. The number of benzene rings is 1. The van der Waals surface area contributed by atoms with E-state index in [9.17, 15) is 10.1 Å². The molecule has 0 amide bonds. The second-order valence-corrected chi connectivity index (χ2v) is 4.99. The average Bonchev–Trinajstić information content (AvgIpc) is 3.18. The Hall–Kier alpha value is -3.47. The summed E-state index contributed by atoms with van der Waals surface area (Å²) in [6.45, 7) is -0.152. The van der Waals surface area contributed by atoms with Gasteiger partial charge in [-0.05, 0) is 12.1 Å². The third-order valence-corrected chi connectivity index (χ3v) is 3.37. The normalized spacial score (nSPS) is 10.8. The van der Waals surface area contributed by atoms with E-state index in [4.69, 9.17) is 20.1 Å². The number of rotatable bonds is 6. The fraction of sp³-hybridized carbons (Fsp3) is 0.214. The van der Waals surface area contributed by atoms with Crippen LogP contribution in [-0.2, 0) is 7.05 Å². The van der Waals surface area contributed by atoms with E-state index < -0.39 is 4.92 Å². The Morgan fingerprint density at radius 1 is 1.40 bits per heavy atom. The topological polar surface area (TPSA) is 155 Å². The van der Waals surface area contributed by atoms with Crippen LogP contribution in [0.5, 0.6) is 5.88 Å². The van der Waals surface area contributed by atoms with Crippen molar-refractivity contribution >= 4 is 11.5 Å². The summed E-state index contributed by atoms with van der Waals surface area (Å²) >= 11 is 0. The molecule has 2 aromatic heterocycles. The third kappa shape index (κ3) is 3.12. The number of nitro benzene ring substituents is 1. The van der Waals surface area contributed by atoms with Crippen LogP contribution >= 0.6 is 0 Å². The van der Waals surface area contributed by atoms with Crippen LogP contribution in [0.15, 0.2) is 28.8 Å². The number of aromatic nitrogens is 4. The number of hydrogen-bond donors (Lipinski definition) is 2. The zero-order valence-corrected chi connectivity index (χ0v) is 13.1. The number of nitrogens with zero attached hydrogens (tertiary/aromatic N) is 5. The largest absolute Gasteiger partial charge is 0.474 e. The minimum atomic E-state index is -0.494. The van der Waals surface area contributed by atoms with Crippen LogP contribution in [0.1, 0.15) is 0 Å². The molecule has 0 radical (unpaired) electrons. The van der Waals surface area contributed by atoms with Gasteiger partial charge in [-0.25, -0.2) is 4.68 Å². The lowest BCUT2D eigenvalue weighted by Gasteiger charge is -2.00. The van der Waals surface area contributed by atoms with Crippen molar-refractivity contribution < 1.29 is 19.3 Å². The zero-order chi connectivity index (χ0) is 18.0. The Balaban J connectivity index is 1.95. The van der Waals surface area contributed by atoms with Gasteiger partial charge < -0.3 is 20.1 Å². The Labute approximate surface area is 140 Å². The summed E-state index contributed by atoms with van der Waals surface area (Å²) in [7, 11) is 1.62. The van der Waals surface area contributed by atoms with Crippen molar-refractivity contribution in [3.63, 3.8) is 0 Å². The number of anilines is 1. The second kappa shape index (κ2) is 6.57. The summed E-state index contributed by atoms with van der Waals surface area (Å²) in [5.41, 5.74) is 6.78. The first kappa shape index (κ1) is 16.4. The van der Waals surface area contributed by atoms with Gasteiger partial charge in [-0.2, -0.15) is 4.98 Å². The summed E-state index contributed by atoms with van der Waals surface area (Å²) in [5.74, 6) is 0.743. The Bertz CT molecular complexity index is 901. The van der Waals surface area contributed by atoms with Crippen molar-refractivity contribution in [1.82, 2.24) is 19.9 Å². The first-order chi connectivity index (χ1) is 12.0. The molecule has 0 unspecified atom stereocenters. The Morgan fingerprint density at radius 3 is 2.76 bits per heavy atom. The van der Waals surface area contributed by atoms with Gasteiger partial charge in [0.15, 0.2) is 0 Å². The number of hydrogen-bond acceptors (Lipinski definition) is 9. The van der Waals surface area contributed by atoms with Gasteiger partial charge in [0.25, 0.3) is 11.6 Å². The molecule has 1 aromatic carbocycles. The molecule has 130 valence electrons. The Morgan fingerprint density at radius 2 is 2.12 bits per heavy atom. The predicted octanol–water partition coefficient (Wildman–Crippen LogP) is 0.999. The summed E-state index contributed by atoms with van der Waals surface area (Å²) in [5, 5.41) is 27.5. The van der Waals surface area contributed by atoms with Crippen LogP contribution in [-0.4, -0.2) is 43.2 Å². The quantitative estimate of drug-likeness (QED) is 0.491. The lowest BCUT2D eigenvalue weighted by molar-refractivity contribution is -0.384. The van der Waals surface area contributed by atoms with Crippen molar-refractivity contribution in [3.05, 3.63) is 34.4 Å². The van der Waals surface area contributed by atoms with Crippen molar-refractivity contribution in [2.24, 2.45) is 7.05 Å². The van der Waals surface area contributed by atoms with E-state index in [0.717, 1.165) is 0 Å². The Kier molecular flexibility index (Phi) is 4.31. The third-order valence-electron chi connectivity index (χ3n) is 3.37. The summed E-state index contributed by atoms with van der Waals surface area (Å²) in [6.07, 6.45) is 0. The van der Waals surface area contributed by atoms with Gasteiger partial charge >= 0.3 is 0 Å². The van der Waals surface area contributed by atoms with E-state index in [2.05, 4.69) is 15.2 Å². The number of nitrogens with two attached hydrogens (primary N) is 1. The average molecular weight is 346 g/mol. The van der Waals surface area contributed by atoms with Crippen LogP contribution in [0.4, 0.5) is 11.5 Å². The van der Waals surface area contributed by atoms with E-state index in [1.807, 2.05) is 0 Å². The number of aryl methyl sites for hydroxylation is 1. The lowest BCUT2D eigenvalue weighted by atomic mass is 10.2. The molecule has 0 aliphatic carbocycles. The summed E-state index contributed by atoms with van der Waals surface area (Å²) < 4.78 is 11.9. The molecule has 2 heterocycles. The fourth-order valence-corrected chi connectivity index (χ4v) is 2.13. The van der Waals surface area contributed by atoms with Crippen molar-refractivity contribution in [2.45, 2.75) is 0 Å². The van der Waals surface area contributed by atoms with Crippen LogP contribution in [0, 0.1) is 10.1 Å².